The zero-order valence-corrected chi connectivity index (χ0v) is 11.7. The largest absolute Gasteiger partial charge is 0.395 e. The maximum atomic E-state index is 9.03. The summed E-state index contributed by atoms with van der Waals surface area (Å²) in [5.74, 6) is 1.95. The van der Waals surface area contributed by atoms with Crippen molar-refractivity contribution in [3.8, 4) is 0 Å². The Hall–Kier alpha value is -0.940. The molecule has 5 heteroatoms. The molecule has 0 saturated heterocycles. The highest BCUT2D eigenvalue weighted by atomic mass is 16.5. The van der Waals surface area contributed by atoms with E-state index in [-0.39, 0.29) is 6.61 Å². The van der Waals surface area contributed by atoms with Crippen molar-refractivity contribution in [2.24, 2.45) is 5.92 Å². The number of aromatic nitrogens is 2. The molecule has 1 aromatic heterocycles. The predicted octanol–water partition coefficient (Wildman–Crippen LogP) is 1.86. The Morgan fingerprint density at radius 3 is 2.72 bits per heavy atom. The summed E-state index contributed by atoms with van der Waals surface area (Å²) in [7, 11) is 0. The number of unbranched alkanes of at least 4 members (excludes halogenated alkanes) is 1. The molecule has 0 aliphatic heterocycles. The number of hydrogen-bond acceptors (Lipinski definition) is 5. The fourth-order valence-electron chi connectivity index (χ4n) is 1.78. The lowest BCUT2D eigenvalue weighted by Crippen LogP contribution is -2.28. The number of nitrogens with zero attached hydrogens (tertiary/aromatic N) is 3. The van der Waals surface area contributed by atoms with E-state index in [0.717, 1.165) is 31.6 Å². The minimum Gasteiger partial charge on any atom is -0.395 e. The van der Waals surface area contributed by atoms with Gasteiger partial charge in [0, 0.05) is 13.0 Å². The van der Waals surface area contributed by atoms with Gasteiger partial charge in [0.1, 0.15) is 0 Å². The lowest BCUT2D eigenvalue weighted by molar-refractivity contribution is 0.184. The predicted molar refractivity (Wildman–Crippen MR) is 70.1 cm³/mol. The van der Waals surface area contributed by atoms with Crippen LogP contribution < -0.4 is 0 Å². The molecule has 1 aromatic rings. The number of aliphatic hydroxyl groups is 1. The molecule has 0 saturated carbocycles. The smallest absolute Gasteiger partial charge is 0.226 e. The fraction of sp³-hybridized carbons (Fsp3) is 0.846. The van der Waals surface area contributed by atoms with Crippen LogP contribution >= 0.6 is 0 Å². The van der Waals surface area contributed by atoms with E-state index in [2.05, 4.69) is 35.8 Å². The lowest BCUT2D eigenvalue weighted by atomic mass is 10.1. The molecule has 0 aliphatic rings. The summed E-state index contributed by atoms with van der Waals surface area (Å²) in [5, 5.41) is 13.0. The SMILES string of the molecule is CCCCN(CCO)Cc1noc(CC(C)C)n1. The third-order valence-corrected chi connectivity index (χ3v) is 2.70. The van der Waals surface area contributed by atoms with Crippen LogP contribution in [0.4, 0.5) is 0 Å². The molecule has 1 rings (SSSR count). The van der Waals surface area contributed by atoms with Crippen LogP contribution in [0, 0.1) is 5.92 Å². The maximum absolute atomic E-state index is 9.03. The molecular weight excluding hydrogens is 230 g/mol. The summed E-state index contributed by atoms with van der Waals surface area (Å²) in [6.07, 6.45) is 3.09. The van der Waals surface area contributed by atoms with Gasteiger partial charge in [0.05, 0.1) is 13.2 Å². The maximum Gasteiger partial charge on any atom is 0.226 e. The van der Waals surface area contributed by atoms with Gasteiger partial charge in [-0.1, -0.05) is 32.3 Å². The van der Waals surface area contributed by atoms with Crippen LogP contribution in [-0.2, 0) is 13.0 Å². The van der Waals surface area contributed by atoms with E-state index in [0.29, 0.717) is 24.9 Å². The number of hydrogen-bond donors (Lipinski definition) is 1. The van der Waals surface area contributed by atoms with Gasteiger partial charge in [0.15, 0.2) is 5.82 Å². The van der Waals surface area contributed by atoms with Gasteiger partial charge in [0.2, 0.25) is 5.89 Å². The van der Waals surface area contributed by atoms with Gasteiger partial charge in [-0.25, -0.2) is 0 Å². The summed E-state index contributed by atoms with van der Waals surface area (Å²) in [4.78, 5) is 6.54. The van der Waals surface area contributed by atoms with Gasteiger partial charge in [0.25, 0.3) is 0 Å². The van der Waals surface area contributed by atoms with Crippen LogP contribution in [0.1, 0.15) is 45.3 Å². The van der Waals surface area contributed by atoms with Gasteiger partial charge in [-0.15, -0.1) is 0 Å². The zero-order chi connectivity index (χ0) is 13.4. The van der Waals surface area contributed by atoms with Crippen molar-refractivity contribution < 1.29 is 9.63 Å². The Kier molecular flexibility index (Phi) is 6.90. The third kappa shape index (κ3) is 5.60. The monoisotopic (exact) mass is 255 g/mol. The lowest BCUT2D eigenvalue weighted by Gasteiger charge is -2.18. The molecule has 0 spiro atoms. The molecule has 104 valence electrons. The van der Waals surface area contributed by atoms with Crippen LogP contribution in [0.3, 0.4) is 0 Å². The van der Waals surface area contributed by atoms with Crippen molar-refractivity contribution in [3.05, 3.63) is 11.7 Å². The highest BCUT2D eigenvalue weighted by molar-refractivity contribution is 4.87. The molecule has 0 aliphatic carbocycles. The highest BCUT2D eigenvalue weighted by Gasteiger charge is 2.12. The van der Waals surface area contributed by atoms with Crippen molar-refractivity contribution in [1.29, 1.82) is 0 Å². The first-order chi connectivity index (χ1) is 8.65. The first-order valence-electron chi connectivity index (χ1n) is 6.80. The second-order valence-electron chi connectivity index (χ2n) is 5.06. The summed E-state index contributed by atoms with van der Waals surface area (Å²) >= 11 is 0. The van der Waals surface area contributed by atoms with E-state index in [1.165, 1.54) is 0 Å². The van der Waals surface area contributed by atoms with Crippen LogP contribution in [0.5, 0.6) is 0 Å². The number of rotatable bonds is 9. The van der Waals surface area contributed by atoms with Crippen molar-refractivity contribution in [2.45, 2.75) is 46.6 Å². The van der Waals surface area contributed by atoms with Gasteiger partial charge < -0.3 is 9.63 Å². The quantitative estimate of drug-likeness (QED) is 0.729. The Morgan fingerprint density at radius 2 is 2.11 bits per heavy atom. The highest BCUT2D eigenvalue weighted by Crippen LogP contribution is 2.07. The second kappa shape index (κ2) is 8.21. The van der Waals surface area contributed by atoms with Crippen molar-refractivity contribution in [2.75, 3.05) is 19.7 Å². The van der Waals surface area contributed by atoms with E-state index >= 15 is 0 Å². The Bertz CT molecular complexity index is 326. The van der Waals surface area contributed by atoms with Crippen molar-refractivity contribution in [1.82, 2.24) is 15.0 Å². The molecule has 0 unspecified atom stereocenters. The summed E-state index contributed by atoms with van der Waals surface area (Å²) in [6, 6.07) is 0. The van der Waals surface area contributed by atoms with Crippen LogP contribution in [-0.4, -0.2) is 39.8 Å². The fourth-order valence-corrected chi connectivity index (χ4v) is 1.78. The first kappa shape index (κ1) is 15.1. The molecule has 0 aromatic carbocycles. The van der Waals surface area contributed by atoms with Gasteiger partial charge >= 0.3 is 0 Å². The summed E-state index contributed by atoms with van der Waals surface area (Å²) in [6.45, 7) is 8.86. The molecule has 0 atom stereocenters. The van der Waals surface area contributed by atoms with Crippen LogP contribution in [0.15, 0.2) is 4.52 Å². The molecule has 0 fully saturated rings. The minimum atomic E-state index is 0.167. The van der Waals surface area contributed by atoms with Crippen molar-refractivity contribution >= 4 is 0 Å². The van der Waals surface area contributed by atoms with E-state index in [9.17, 15) is 0 Å². The number of aliphatic hydroxyl groups excluding tert-OH is 1. The molecule has 1 N–H and O–H groups in total. The standard InChI is InChI=1S/C13H25N3O2/c1-4-5-6-16(7-8-17)10-12-14-13(18-15-12)9-11(2)3/h11,17H,4-10H2,1-3H3. The van der Waals surface area contributed by atoms with E-state index in [1.54, 1.807) is 0 Å². The zero-order valence-electron chi connectivity index (χ0n) is 11.7. The topological polar surface area (TPSA) is 62.4 Å². The Labute approximate surface area is 109 Å². The van der Waals surface area contributed by atoms with Gasteiger partial charge in [-0.2, -0.15) is 4.98 Å². The van der Waals surface area contributed by atoms with Crippen molar-refractivity contribution in [3.63, 3.8) is 0 Å². The molecule has 1 heterocycles. The second-order valence-corrected chi connectivity index (χ2v) is 5.06. The molecule has 5 nitrogen and oxygen atoms in total. The van der Waals surface area contributed by atoms with Gasteiger partial charge in [-0.05, 0) is 18.9 Å². The normalized spacial score (nSPS) is 11.7. The average molecular weight is 255 g/mol. The Morgan fingerprint density at radius 1 is 1.33 bits per heavy atom. The van der Waals surface area contributed by atoms with E-state index < -0.39 is 0 Å². The van der Waals surface area contributed by atoms with Gasteiger partial charge in [-0.3, -0.25) is 4.90 Å². The first-order valence-corrected chi connectivity index (χ1v) is 6.80. The molecule has 0 bridgehead atoms. The van der Waals surface area contributed by atoms with Crippen LogP contribution in [0.2, 0.25) is 0 Å². The van der Waals surface area contributed by atoms with E-state index in [4.69, 9.17) is 9.63 Å². The molecule has 18 heavy (non-hydrogen) atoms. The third-order valence-electron chi connectivity index (χ3n) is 2.70. The van der Waals surface area contributed by atoms with E-state index in [1.807, 2.05) is 0 Å². The average Bonchev–Trinajstić information content (AvgIpc) is 2.72. The molecule has 0 radical (unpaired) electrons. The van der Waals surface area contributed by atoms with Crippen LogP contribution in [0.25, 0.3) is 0 Å². The molecular formula is C13H25N3O2. The summed E-state index contributed by atoms with van der Waals surface area (Å²) < 4.78 is 5.21. The summed E-state index contributed by atoms with van der Waals surface area (Å²) in [5.41, 5.74) is 0. The minimum absolute atomic E-state index is 0.167. The Balaban J connectivity index is 2.49. The molecule has 0 amide bonds.